The van der Waals surface area contributed by atoms with E-state index in [2.05, 4.69) is 31.2 Å². The van der Waals surface area contributed by atoms with Crippen LogP contribution in [0.25, 0.3) is 10.2 Å². The topological polar surface area (TPSA) is 51.7 Å². The number of aryl methyl sites for hydroxylation is 1. The van der Waals surface area contributed by atoms with Crippen LogP contribution < -0.4 is 9.64 Å². The van der Waals surface area contributed by atoms with Crippen molar-refractivity contribution < 1.29 is 14.3 Å². The van der Waals surface area contributed by atoms with Gasteiger partial charge in [-0.1, -0.05) is 35.1 Å². The van der Waals surface area contributed by atoms with E-state index in [1.807, 2.05) is 30.0 Å². The Balaban J connectivity index is 1.50. The van der Waals surface area contributed by atoms with Crippen LogP contribution in [0.4, 0.5) is 5.13 Å². The fraction of sp³-hybridized carbons (Fsp3) is 0.417. The highest BCUT2D eigenvalue weighted by Crippen LogP contribution is 2.35. The van der Waals surface area contributed by atoms with E-state index in [9.17, 15) is 4.79 Å². The van der Waals surface area contributed by atoms with Crippen molar-refractivity contribution in [2.24, 2.45) is 0 Å². The van der Waals surface area contributed by atoms with E-state index in [4.69, 9.17) is 14.5 Å². The number of hydrogen-bond acceptors (Lipinski definition) is 6. The van der Waals surface area contributed by atoms with E-state index in [1.54, 1.807) is 23.1 Å². The number of carbonyl (C=O) groups is 1. The highest BCUT2D eigenvalue weighted by molar-refractivity contribution is 7.99. The second kappa shape index (κ2) is 10.5. The molecule has 0 saturated carbocycles. The van der Waals surface area contributed by atoms with Crippen LogP contribution in [0.2, 0.25) is 0 Å². The van der Waals surface area contributed by atoms with Crippen molar-refractivity contribution >= 4 is 44.4 Å². The zero-order valence-electron chi connectivity index (χ0n) is 18.0. The number of amides is 1. The Morgan fingerprint density at radius 3 is 2.87 bits per heavy atom. The maximum absolute atomic E-state index is 13.3. The van der Waals surface area contributed by atoms with Gasteiger partial charge < -0.3 is 9.47 Å². The molecule has 0 bridgehead atoms. The quantitative estimate of drug-likeness (QED) is 0.387. The van der Waals surface area contributed by atoms with Crippen LogP contribution >= 0.6 is 23.1 Å². The van der Waals surface area contributed by atoms with Crippen LogP contribution in [-0.4, -0.2) is 42.5 Å². The molecule has 4 rings (SSSR count). The Kier molecular flexibility index (Phi) is 7.48. The van der Waals surface area contributed by atoms with Crippen molar-refractivity contribution in [2.75, 3.05) is 30.4 Å². The van der Waals surface area contributed by atoms with Gasteiger partial charge in [-0.3, -0.25) is 9.69 Å². The summed E-state index contributed by atoms with van der Waals surface area (Å²) in [6.07, 6.45) is 2.56. The molecular formula is C24H28N2O3S2. The molecule has 0 spiro atoms. The first-order valence-corrected chi connectivity index (χ1v) is 12.6. The van der Waals surface area contributed by atoms with Gasteiger partial charge in [0.05, 0.1) is 24.0 Å². The number of para-hydroxylation sites is 1. The van der Waals surface area contributed by atoms with Crippen molar-refractivity contribution in [3.63, 3.8) is 0 Å². The van der Waals surface area contributed by atoms with Gasteiger partial charge in [0, 0.05) is 23.7 Å². The highest BCUT2D eigenvalue weighted by atomic mass is 32.2. The van der Waals surface area contributed by atoms with E-state index in [0.29, 0.717) is 19.6 Å². The Morgan fingerprint density at radius 1 is 1.29 bits per heavy atom. The molecular weight excluding hydrogens is 428 g/mol. The zero-order valence-corrected chi connectivity index (χ0v) is 19.6. The number of anilines is 1. The summed E-state index contributed by atoms with van der Waals surface area (Å²) in [5.74, 6) is 1.59. The molecule has 0 radical (unpaired) electrons. The predicted octanol–water partition coefficient (Wildman–Crippen LogP) is 5.70. The van der Waals surface area contributed by atoms with E-state index in [1.165, 1.54) is 10.5 Å². The summed E-state index contributed by atoms with van der Waals surface area (Å²) in [4.78, 5) is 21.1. The molecule has 1 unspecified atom stereocenters. The largest absolute Gasteiger partial charge is 0.492 e. The van der Waals surface area contributed by atoms with Crippen molar-refractivity contribution in [3.05, 3.63) is 48.0 Å². The van der Waals surface area contributed by atoms with Gasteiger partial charge in [0.1, 0.15) is 11.3 Å². The normalized spacial score (nSPS) is 16.0. The molecule has 3 aromatic rings. The Labute approximate surface area is 191 Å². The summed E-state index contributed by atoms with van der Waals surface area (Å²) in [6.45, 7) is 5.95. The van der Waals surface area contributed by atoms with Gasteiger partial charge in [-0.25, -0.2) is 4.98 Å². The minimum absolute atomic E-state index is 0.0760. The first-order chi connectivity index (χ1) is 15.1. The van der Waals surface area contributed by atoms with Crippen LogP contribution in [0.3, 0.4) is 0 Å². The number of hydrogen-bond donors (Lipinski definition) is 0. The minimum Gasteiger partial charge on any atom is -0.492 e. The van der Waals surface area contributed by atoms with E-state index >= 15 is 0 Å². The molecule has 7 heteroatoms. The molecule has 1 aliphatic heterocycles. The Bertz CT molecular complexity index is 1010. The molecule has 1 aliphatic rings. The third kappa shape index (κ3) is 5.59. The summed E-state index contributed by atoms with van der Waals surface area (Å²) < 4.78 is 12.6. The number of carbonyl (C=O) groups excluding carboxylic acids is 1. The lowest BCUT2D eigenvalue weighted by Gasteiger charge is -2.23. The number of aromatic nitrogens is 1. The molecule has 0 N–H and O–H groups in total. The molecule has 5 nitrogen and oxygen atoms in total. The van der Waals surface area contributed by atoms with Crippen LogP contribution in [0.5, 0.6) is 5.75 Å². The fourth-order valence-corrected chi connectivity index (χ4v) is 5.45. The monoisotopic (exact) mass is 456 g/mol. The van der Waals surface area contributed by atoms with Crippen molar-refractivity contribution in [3.8, 4) is 5.75 Å². The molecule has 0 aliphatic carbocycles. The Hall–Kier alpha value is -2.09. The lowest BCUT2D eigenvalue weighted by Crippen LogP contribution is -2.37. The van der Waals surface area contributed by atoms with Crippen molar-refractivity contribution in [2.45, 2.75) is 44.1 Å². The van der Waals surface area contributed by atoms with Gasteiger partial charge in [0.15, 0.2) is 5.13 Å². The molecule has 1 aromatic heterocycles. The maximum Gasteiger partial charge on any atom is 0.229 e. The second-order valence-electron chi connectivity index (χ2n) is 7.58. The predicted molar refractivity (Wildman–Crippen MR) is 129 cm³/mol. The zero-order chi connectivity index (χ0) is 21.6. The summed E-state index contributed by atoms with van der Waals surface area (Å²) in [6, 6.07) is 14.4. The molecule has 2 aromatic carbocycles. The van der Waals surface area contributed by atoms with Gasteiger partial charge in [-0.2, -0.15) is 0 Å². The molecule has 164 valence electrons. The van der Waals surface area contributed by atoms with Gasteiger partial charge >= 0.3 is 0 Å². The average molecular weight is 457 g/mol. The van der Waals surface area contributed by atoms with Crippen molar-refractivity contribution in [1.82, 2.24) is 4.98 Å². The Morgan fingerprint density at radius 2 is 2.13 bits per heavy atom. The van der Waals surface area contributed by atoms with E-state index in [0.717, 1.165) is 46.3 Å². The first-order valence-electron chi connectivity index (χ1n) is 10.8. The third-order valence-electron chi connectivity index (χ3n) is 5.22. The number of ether oxygens (including phenoxy) is 2. The number of thioether (sulfide) groups is 1. The van der Waals surface area contributed by atoms with E-state index < -0.39 is 0 Å². The molecule has 2 heterocycles. The first kappa shape index (κ1) is 22.1. The number of nitrogens with zero attached hydrogens (tertiary/aromatic N) is 2. The van der Waals surface area contributed by atoms with Crippen molar-refractivity contribution in [1.29, 1.82) is 0 Å². The molecule has 1 saturated heterocycles. The van der Waals surface area contributed by atoms with Gasteiger partial charge in [0.2, 0.25) is 5.91 Å². The van der Waals surface area contributed by atoms with E-state index in [-0.39, 0.29) is 12.0 Å². The second-order valence-corrected chi connectivity index (χ2v) is 9.76. The van der Waals surface area contributed by atoms with Gasteiger partial charge in [-0.15, -0.1) is 11.8 Å². The SMILES string of the molecule is CCOc1cccc2sc(N(CC3CCCO3)C(=O)CCSc3ccc(C)cc3)nc12. The number of rotatable bonds is 9. The number of fused-ring (bicyclic) bond motifs is 1. The van der Waals surface area contributed by atoms with Crippen LogP contribution in [0.1, 0.15) is 31.7 Å². The summed E-state index contributed by atoms with van der Waals surface area (Å²) >= 11 is 3.25. The van der Waals surface area contributed by atoms with Gasteiger partial charge in [-0.05, 0) is 51.0 Å². The minimum atomic E-state index is 0.0760. The summed E-state index contributed by atoms with van der Waals surface area (Å²) in [5, 5.41) is 0.725. The summed E-state index contributed by atoms with van der Waals surface area (Å²) in [5.41, 5.74) is 2.06. The standard InChI is InChI=1S/C24H28N2O3S2/c1-3-28-20-7-4-8-21-23(20)25-24(31-21)26(16-18-6-5-14-29-18)22(27)13-15-30-19-11-9-17(2)10-12-19/h4,7-12,18H,3,5-6,13-16H2,1-2H3. The lowest BCUT2D eigenvalue weighted by molar-refractivity contribution is -0.118. The smallest absolute Gasteiger partial charge is 0.229 e. The third-order valence-corrected chi connectivity index (χ3v) is 7.28. The molecule has 1 amide bonds. The molecule has 1 fully saturated rings. The molecule has 31 heavy (non-hydrogen) atoms. The average Bonchev–Trinajstić information content (AvgIpc) is 3.43. The highest BCUT2D eigenvalue weighted by Gasteiger charge is 2.26. The number of benzene rings is 2. The van der Waals surface area contributed by atoms with Crippen LogP contribution in [0, 0.1) is 6.92 Å². The summed E-state index contributed by atoms with van der Waals surface area (Å²) in [7, 11) is 0. The van der Waals surface area contributed by atoms with Gasteiger partial charge in [0.25, 0.3) is 0 Å². The van der Waals surface area contributed by atoms with Crippen LogP contribution in [-0.2, 0) is 9.53 Å². The number of thiazole rings is 1. The fourth-order valence-electron chi connectivity index (χ4n) is 3.60. The lowest BCUT2D eigenvalue weighted by atomic mass is 10.2. The van der Waals surface area contributed by atoms with Crippen LogP contribution in [0.15, 0.2) is 47.4 Å². The molecule has 1 atom stereocenters. The maximum atomic E-state index is 13.3.